The van der Waals surface area contributed by atoms with E-state index in [2.05, 4.69) is 41.5 Å². The molecule has 0 fully saturated rings. The second-order valence-corrected chi connectivity index (χ2v) is 4.34. The van der Waals surface area contributed by atoms with Crippen molar-refractivity contribution in [2.24, 2.45) is 4.99 Å². The summed E-state index contributed by atoms with van der Waals surface area (Å²) in [5.41, 5.74) is 0. The largest absolute Gasteiger partial charge is 0.357 e. The van der Waals surface area contributed by atoms with Gasteiger partial charge in [0.25, 0.3) is 0 Å². The molecular weight excluding hydrogens is 226 g/mol. The number of hydrogen-bond donors (Lipinski definition) is 2. The lowest BCUT2D eigenvalue weighted by molar-refractivity contribution is 0.580. The van der Waals surface area contributed by atoms with Crippen molar-refractivity contribution in [1.82, 2.24) is 20.4 Å². The Balaban J connectivity index is 2.30. The van der Waals surface area contributed by atoms with Crippen molar-refractivity contribution in [3.63, 3.8) is 0 Å². The Kier molecular flexibility index (Phi) is 6.91. The zero-order chi connectivity index (χ0) is 13.2. The Morgan fingerprint density at radius 2 is 2.28 bits per heavy atom. The van der Waals surface area contributed by atoms with Crippen LogP contribution in [0.4, 0.5) is 0 Å². The van der Waals surface area contributed by atoms with Gasteiger partial charge in [0, 0.05) is 38.1 Å². The minimum atomic E-state index is 0.453. The molecule has 0 aliphatic carbocycles. The van der Waals surface area contributed by atoms with E-state index in [1.807, 2.05) is 16.9 Å². The topological polar surface area (TPSA) is 54.2 Å². The lowest BCUT2D eigenvalue weighted by Gasteiger charge is -2.16. The van der Waals surface area contributed by atoms with E-state index in [1.165, 1.54) is 0 Å². The molecule has 1 aromatic heterocycles. The van der Waals surface area contributed by atoms with Crippen LogP contribution in [0.15, 0.2) is 23.5 Å². The van der Waals surface area contributed by atoms with Gasteiger partial charge < -0.3 is 10.6 Å². The van der Waals surface area contributed by atoms with Crippen molar-refractivity contribution in [2.45, 2.75) is 46.2 Å². The number of hydrogen-bond acceptors (Lipinski definition) is 2. The van der Waals surface area contributed by atoms with Gasteiger partial charge in [-0.2, -0.15) is 5.10 Å². The summed E-state index contributed by atoms with van der Waals surface area (Å²) in [5.74, 6) is 0.910. The molecule has 0 radical (unpaired) electrons. The molecule has 1 rings (SSSR count). The van der Waals surface area contributed by atoms with E-state index in [4.69, 9.17) is 0 Å². The molecule has 0 spiro atoms. The smallest absolute Gasteiger partial charge is 0.191 e. The van der Waals surface area contributed by atoms with Crippen LogP contribution in [0, 0.1) is 0 Å². The van der Waals surface area contributed by atoms with Gasteiger partial charge in [-0.1, -0.05) is 6.92 Å². The summed E-state index contributed by atoms with van der Waals surface area (Å²) < 4.78 is 1.94. The van der Waals surface area contributed by atoms with Crippen molar-refractivity contribution in [3.8, 4) is 0 Å². The Morgan fingerprint density at radius 1 is 1.44 bits per heavy atom. The molecular formula is C13H25N5. The van der Waals surface area contributed by atoms with Gasteiger partial charge in [0.1, 0.15) is 0 Å². The molecule has 0 aliphatic rings. The summed E-state index contributed by atoms with van der Waals surface area (Å²) in [4.78, 5) is 4.55. The lowest BCUT2D eigenvalue weighted by Crippen LogP contribution is -2.42. The standard InChI is InChI=1S/C13H25N5/c1-4-12(3)17-13(14-5-2)15-8-6-10-18-11-7-9-16-18/h7,9,11-12H,4-6,8,10H2,1-3H3,(H2,14,15,17). The average Bonchev–Trinajstić information content (AvgIpc) is 2.87. The van der Waals surface area contributed by atoms with Gasteiger partial charge in [0.2, 0.25) is 0 Å². The molecule has 102 valence electrons. The number of rotatable bonds is 7. The van der Waals surface area contributed by atoms with Crippen molar-refractivity contribution >= 4 is 5.96 Å². The van der Waals surface area contributed by atoms with E-state index in [0.29, 0.717) is 6.04 Å². The number of aliphatic imine (C=N–C) groups is 1. The highest BCUT2D eigenvalue weighted by molar-refractivity contribution is 5.79. The predicted molar refractivity (Wildman–Crippen MR) is 75.7 cm³/mol. The summed E-state index contributed by atoms with van der Waals surface area (Å²) in [7, 11) is 0. The SMILES string of the molecule is CCNC(=NCCCn1cccn1)NC(C)CC. The molecule has 0 aromatic carbocycles. The lowest BCUT2D eigenvalue weighted by atomic mass is 10.3. The van der Waals surface area contributed by atoms with Crippen molar-refractivity contribution in [3.05, 3.63) is 18.5 Å². The monoisotopic (exact) mass is 251 g/mol. The number of aryl methyl sites for hydroxylation is 1. The molecule has 0 saturated carbocycles. The van der Waals surface area contributed by atoms with Crippen LogP contribution in [0.5, 0.6) is 0 Å². The first-order valence-electron chi connectivity index (χ1n) is 6.78. The summed E-state index contributed by atoms with van der Waals surface area (Å²) in [6.45, 7) is 9.03. The second kappa shape index (κ2) is 8.55. The summed E-state index contributed by atoms with van der Waals surface area (Å²) in [6, 6.07) is 2.39. The molecule has 1 aromatic rings. The van der Waals surface area contributed by atoms with Gasteiger partial charge in [-0.05, 0) is 32.8 Å². The van der Waals surface area contributed by atoms with Crippen molar-refractivity contribution < 1.29 is 0 Å². The maximum atomic E-state index is 4.55. The highest BCUT2D eigenvalue weighted by Crippen LogP contribution is 1.91. The maximum Gasteiger partial charge on any atom is 0.191 e. The number of aromatic nitrogens is 2. The van der Waals surface area contributed by atoms with E-state index in [-0.39, 0.29) is 0 Å². The normalized spacial score (nSPS) is 13.4. The number of nitrogens with zero attached hydrogens (tertiary/aromatic N) is 3. The molecule has 5 heteroatoms. The second-order valence-electron chi connectivity index (χ2n) is 4.34. The minimum Gasteiger partial charge on any atom is -0.357 e. The molecule has 0 bridgehead atoms. The van der Waals surface area contributed by atoms with Crippen LogP contribution in [0.3, 0.4) is 0 Å². The van der Waals surface area contributed by atoms with Crippen LogP contribution < -0.4 is 10.6 Å². The van der Waals surface area contributed by atoms with Crippen LogP contribution in [0.2, 0.25) is 0 Å². The summed E-state index contributed by atoms with van der Waals surface area (Å²) in [5, 5.41) is 10.8. The van der Waals surface area contributed by atoms with Crippen molar-refractivity contribution in [2.75, 3.05) is 13.1 Å². The van der Waals surface area contributed by atoms with Gasteiger partial charge in [-0.15, -0.1) is 0 Å². The Hall–Kier alpha value is -1.52. The third kappa shape index (κ3) is 5.70. The quantitative estimate of drug-likeness (QED) is 0.440. The number of guanidine groups is 1. The zero-order valence-electron chi connectivity index (χ0n) is 11.7. The first kappa shape index (κ1) is 14.5. The highest BCUT2D eigenvalue weighted by Gasteiger charge is 2.01. The minimum absolute atomic E-state index is 0.453. The van der Waals surface area contributed by atoms with Gasteiger partial charge in [-0.3, -0.25) is 9.67 Å². The fraction of sp³-hybridized carbons (Fsp3) is 0.692. The summed E-state index contributed by atoms with van der Waals surface area (Å²) in [6.07, 6.45) is 5.88. The third-order valence-corrected chi connectivity index (χ3v) is 2.71. The fourth-order valence-corrected chi connectivity index (χ4v) is 1.51. The van der Waals surface area contributed by atoms with Gasteiger partial charge in [0.05, 0.1) is 0 Å². The van der Waals surface area contributed by atoms with Crippen LogP contribution in [0.25, 0.3) is 0 Å². The van der Waals surface area contributed by atoms with Gasteiger partial charge in [0.15, 0.2) is 5.96 Å². The van der Waals surface area contributed by atoms with Gasteiger partial charge in [-0.25, -0.2) is 0 Å². The maximum absolute atomic E-state index is 4.55. The van der Waals surface area contributed by atoms with Crippen LogP contribution in [0.1, 0.15) is 33.6 Å². The molecule has 18 heavy (non-hydrogen) atoms. The molecule has 1 heterocycles. The van der Waals surface area contributed by atoms with E-state index in [0.717, 1.165) is 38.4 Å². The Bertz CT molecular complexity index is 331. The van der Waals surface area contributed by atoms with Crippen molar-refractivity contribution in [1.29, 1.82) is 0 Å². The first-order valence-corrected chi connectivity index (χ1v) is 6.78. The first-order chi connectivity index (χ1) is 8.76. The third-order valence-electron chi connectivity index (χ3n) is 2.71. The molecule has 1 unspecified atom stereocenters. The molecule has 0 aliphatic heterocycles. The van der Waals surface area contributed by atoms with E-state index >= 15 is 0 Å². The van der Waals surface area contributed by atoms with Crippen LogP contribution in [-0.2, 0) is 6.54 Å². The zero-order valence-corrected chi connectivity index (χ0v) is 11.7. The van der Waals surface area contributed by atoms with E-state index < -0.39 is 0 Å². The predicted octanol–water partition coefficient (Wildman–Crippen LogP) is 1.63. The van der Waals surface area contributed by atoms with Gasteiger partial charge >= 0.3 is 0 Å². The molecule has 0 amide bonds. The number of nitrogens with one attached hydrogen (secondary N) is 2. The Labute approximate surface area is 110 Å². The summed E-state index contributed by atoms with van der Waals surface area (Å²) >= 11 is 0. The highest BCUT2D eigenvalue weighted by atomic mass is 15.3. The average molecular weight is 251 g/mol. The fourth-order valence-electron chi connectivity index (χ4n) is 1.51. The van der Waals surface area contributed by atoms with Crippen LogP contribution in [-0.4, -0.2) is 34.9 Å². The molecule has 5 nitrogen and oxygen atoms in total. The van der Waals surface area contributed by atoms with E-state index in [9.17, 15) is 0 Å². The van der Waals surface area contributed by atoms with Crippen LogP contribution >= 0.6 is 0 Å². The molecule has 0 saturated heterocycles. The Morgan fingerprint density at radius 3 is 2.89 bits per heavy atom. The molecule has 1 atom stereocenters. The molecule has 2 N–H and O–H groups in total. The van der Waals surface area contributed by atoms with E-state index in [1.54, 1.807) is 6.20 Å².